The van der Waals surface area contributed by atoms with Crippen LogP contribution in [0.4, 0.5) is 5.69 Å². The molecule has 3 aromatic rings. The smallest absolute Gasteiger partial charge is 0.356 e. The van der Waals surface area contributed by atoms with Crippen LogP contribution in [-0.4, -0.2) is 25.4 Å². The highest BCUT2D eigenvalue weighted by Gasteiger charge is 2.12. The molecule has 0 spiro atoms. The van der Waals surface area contributed by atoms with Crippen molar-refractivity contribution in [1.29, 1.82) is 0 Å². The minimum atomic E-state index is -1.08. The fourth-order valence-corrected chi connectivity index (χ4v) is 2.03. The van der Waals surface area contributed by atoms with Crippen LogP contribution in [0.1, 0.15) is 16.1 Å². The molecule has 1 aromatic carbocycles. The van der Waals surface area contributed by atoms with Gasteiger partial charge in [-0.3, -0.25) is 4.40 Å². The van der Waals surface area contributed by atoms with Crippen molar-refractivity contribution < 1.29 is 9.90 Å². The van der Waals surface area contributed by atoms with Crippen LogP contribution in [0.2, 0.25) is 0 Å². The van der Waals surface area contributed by atoms with Gasteiger partial charge in [-0.2, -0.15) is 0 Å². The third kappa shape index (κ3) is 1.87. The number of aromatic nitrogens is 3. The Kier molecular flexibility index (Phi) is 2.64. The maximum Gasteiger partial charge on any atom is 0.356 e. The zero-order valence-corrected chi connectivity index (χ0v) is 10.7. The van der Waals surface area contributed by atoms with Gasteiger partial charge in [0.2, 0.25) is 5.78 Å². The number of fused-ring (bicyclic) bond motifs is 1. The lowest BCUT2D eigenvalue weighted by Crippen LogP contribution is -1.95. The van der Waals surface area contributed by atoms with Crippen LogP contribution in [0, 0.1) is 6.92 Å². The van der Waals surface area contributed by atoms with E-state index in [1.165, 1.54) is 6.20 Å². The van der Waals surface area contributed by atoms with Crippen molar-refractivity contribution in [3.05, 3.63) is 47.9 Å². The minimum Gasteiger partial charge on any atom is -0.476 e. The predicted molar refractivity (Wildman–Crippen MR) is 74.5 cm³/mol. The van der Waals surface area contributed by atoms with Gasteiger partial charge in [-0.1, -0.05) is 12.1 Å². The highest BCUT2D eigenvalue weighted by atomic mass is 16.4. The summed E-state index contributed by atoms with van der Waals surface area (Å²) in [7, 11) is 0. The maximum absolute atomic E-state index is 11.0. The lowest BCUT2D eigenvalue weighted by atomic mass is 10.1. The Morgan fingerprint density at radius 1 is 1.35 bits per heavy atom. The minimum absolute atomic E-state index is 0.0370. The molecule has 6 heteroatoms. The SMILES string of the molecule is Cc1ccc(-c2ccnc3nc(C(=O)O)cn23)cc1N. The zero-order chi connectivity index (χ0) is 14.3. The molecule has 0 atom stereocenters. The standard InChI is InChI=1S/C14H12N4O2/c1-8-2-3-9(6-10(8)15)12-4-5-16-14-17-11(13(19)20)7-18(12)14/h2-7H,15H2,1H3,(H,19,20). The van der Waals surface area contributed by atoms with E-state index in [0.29, 0.717) is 11.5 Å². The van der Waals surface area contributed by atoms with E-state index in [1.54, 1.807) is 16.7 Å². The Labute approximate surface area is 114 Å². The number of aromatic carboxylic acids is 1. The topological polar surface area (TPSA) is 93.5 Å². The average molecular weight is 268 g/mol. The fraction of sp³-hybridized carbons (Fsp3) is 0.0714. The lowest BCUT2D eigenvalue weighted by molar-refractivity contribution is 0.0691. The Morgan fingerprint density at radius 2 is 2.15 bits per heavy atom. The molecule has 0 unspecified atom stereocenters. The number of aryl methyl sites for hydroxylation is 1. The third-order valence-electron chi connectivity index (χ3n) is 3.16. The molecule has 3 rings (SSSR count). The van der Waals surface area contributed by atoms with Crippen LogP contribution in [0.3, 0.4) is 0 Å². The summed E-state index contributed by atoms with van der Waals surface area (Å²) in [5.74, 6) is -0.732. The third-order valence-corrected chi connectivity index (χ3v) is 3.16. The van der Waals surface area contributed by atoms with Gasteiger partial charge >= 0.3 is 5.97 Å². The summed E-state index contributed by atoms with van der Waals surface area (Å²) in [6.07, 6.45) is 3.05. The van der Waals surface area contributed by atoms with E-state index in [0.717, 1.165) is 16.8 Å². The van der Waals surface area contributed by atoms with Crippen LogP contribution in [0.5, 0.6) is 0 Å². The van der Waals surface area contributed by atoms with Gasteiger partial charge in [-0.05, 0) is 24.6 Å². The van der Waals surface area contributed by atoms with Crippen LogP contribution in [0.15, 0.2) is 36.7 Å². The number of anilines is 1. The summed E-state index contributed by atoms with van der Waals surface area (Å²) in [6.45, 7) is 1.93. The number of carboxylic acids is 1. The number of nitrogen functional groups attached to an aromatic ring is 1. The molecule has 3 N–H and O–H groups in total. The fourth-order valence-electron chi connectivity index (χ4n) is 2.03. The van der Waals surface area contributed by atoms with Gasteiger partial charge in [0.15, 0.2) is 5.69 Å². The molecule has 0 aliphatic rings. The highest BCUT2D eigenvalue weighted by molar-refractivity contribution is 5.86. The molecule has 0 saturated heterocycles. The molecular formula is C14H12N4O2. The lowest BCUT2D eigenvalue weighted by Gasteiger charge is -2.07. The second-order valence-corrected chi connectivity index (χ2v) is 4.50. The van der Waals surface area contributed by atoms with Gasteiger partial charge in [0.25, 0.3) is 0 Å². The first-order chi connectivity index (χ1) is 9.56. The van der Waals surface area contributed by atoms with Gasteiger partial charge < -0.3 is 10.8 Å². The van der Waals surface area contributed by atoms with E-state index in [4.69, 9.17) is 10.8 Å². The zero-order valence-electron chi connectivity index (χ0n) is 10.7. The van der Waals surface area contributed by atoms with Crippen molar-refractivity contribution in [2.24, 2.45) is 0 Å². The van der Waals surface area contributed by atoms with Crippen LogP contribution >= 0.6 is 0 Å². The van der Waals surface area contributed by atoms with Crippen molar-refractivity contribution in [3.8, 4) is 11.3 Å². The molecule has 6 nitrogen and oxygen atoms in total. The number of benzene rings is 1. The number of nitrogens with zero attached hydrogens (tertiary/aromatic N) is 3. The summed E-state index contributed by atoms with van der Waals surface area (Å²) in [6, 6.07) is 7.50. The highest BCUT2D eigenvalue weighted by Crippen LogP contribution is 2.24. The first kappa shape index (κ1) is 12.2. The number of nitrogens with two attached hydrogens (primary N) is 1. The molecule has 0 saturated carbocycles. The second kappa shape index (κ2) is 4.34. The molecule has 0 amide bonds. The van der Waals surface area contributed by atoms with E-state index in [9.17, 15) is 4.79 Å². The average Bonchev–Trinajstić information content (AvgIpc) is 2.86. The molecule has 20 heavy (non-hydrogen) atoms. The largest absolute Gasteiger partial charge is 0.476 e. The molecule has 0 radical (unpaired) electrons. The van der Waals surface area contributed by atoms with Gasteiger partial charge in [0.1, 0.15) is 0 Å². The number of carbonyl (C=O) groups is 1. The van der Waals surface area contributed by atoms with Gasteiger partial charge in [-0.25, -0.2) is 14.8 Å². The summed E-state index contributed by atoms with van der Waals surface area (Å²) >= 11 is 0. The van der Waals surface area contributed by atoms with Gasteiger partial charge in [0, 0.05) is 23.6 Å². The van der Waals surface area contributed by atoms with E-state index in [1.807, 2.05) is 25.1 Å². The van der Waals surface area contributed by atoms with Crippen molar-refractivity contribution in [2.45, 2.75) is 6.92 Å². The Morgan fingerprint density at radius 3 is 2.85 bits per heavy atom. The quantitative estimate of drug-likeness (QED) is 0.693. The molecule has 0 aliphatic carbocycles. The molecule has 2 heterocycles. The Hall–Kier alpha value is -2.89. The number of rotatable bonds is 2. The predicted octanol–water partition coefficient (Wildman–Crippen LogP) is 1.99. The monoisotopic (exact) mass is 268 g/mol. The van der Waals surface area contributed by atoms with Crippen molar-refractivity contribution in [1.82, 2.24) is 14.4 Å². The van der Waals surface area contributed by atoms with E-state index < -0.39 is 5.97 Å². The number of hydrogen-bond acceptors (Lipinski definition) is 4. The molecular weight excluding hydrogens is 256 g/mol. The Bertz CT molecular complexity index is 823. The van der Waals surface area contributed by atoms with Gasteiger partial charge in [-0.15, -0.1) is 0 Å². The second-order valence-electron chi connectivity index (χ2n) is 4.50. The molecule has 0 fully saturated rings. The number of hydrogen-bond donors (Lipinski definition) is 2. The van der Waals surface area contributed by atoms with E-state index in [2.05, 4.69) is 9.97 Å². The molecule has 100 valence electrons. The summed E-state index contributed by atoms with van der Waals surface area (Å²) in [5, 5.41) is 9.00. The first-order valence-electron chi connectivity index (χ1n) is 6.00. The normalized spacial score (nSPS) is 10.8. The summed E-state index contributed by atoms with van der Waals surface area (Å²) in [4.78, 5) is 19.0. The van der Waals surface area contributed by atoms with Crippen LogP contribution in [-0.2, 0) is 0 Å². The van der Waals surface area contributed by atoms with Gasteiger partial charge in [0.05, 0.1) is 5.69 Å². The Balaban J connectivity index is 2.24. The van der Waals surface area contributed by atoms with Crippen LogP contribution in [0.25, 0.3) is 17.0 Å². The van der Waals surface area contributed by atoms with Crippen LogP contribution < -0.4 is 5.73 Å². The van der Waals surface area contributed by atoms with Crippen molar-refractivity contribution in [3.63, 3.8) is 0 Å². The molecule has 2 aromatic heterocycles. The van der Waals surface area contributed by atoms with E-state index in [-0.39, 0.29) is 5.69 Å². The molecule has 0 bridgehead atoms. The van der Waals surface area contributed by atoms with Crippen molar-refractivity contribution >= 4 is 17.4 Å². The maximum atomic E-state index is 11.0. The number of imidazole rings is 1. The molecule has 0 aliphatic heterocycles. The van der Waals surface area contributed by atoms with Crippen molar-refractivity contribution in [2.75, 3.05) is 5.73 Å². The first-order valence-corrected chi connectivity index (χ1v) is 6.00. The number of carboxylic acid groups (broad SMARTS) is 1. The summed E-state index contributed by atoms with van der Waals surface area (Å²) in [5.41, 5.74) is 9.24. The summed E-state index contributed by atoms with van der Waals surface area (Å²) < 4.78 is 1.65. The van der Waals surface area contributed by atoms with E-state index >= 15 is 0 Å².